The van der Waals surface area contributed by atoms with Gasteiger partial charge in [0.1, 0.15) is 16.3 Å². The van der Waals surface area contributed by atoms with Gasteiger partial charge >= 0.3 is 0 Å². The lowest BCUT2D eigenvalue weighted by atomic mass is 10.2. The van der Waals surface area contributed by atoms with Gasteiger partial charge in [0.2, 0.25) is 5.89 Å². The molecule has 1 N–H and O–H groups in total. The van der Waals surface area contributed by atoms with Gasteiger partial charge in [-0.3, -0.25) is 4.79 Å². The van der Waals surface area contributed by atoms with E-state index in [0.29, 0.717) is 32.9 Å². The van der Waals surface area contributed by atoms with Crippen LogP contribution in [0.2, 0.25) is 0 Å². The molecule has 4 aromatic rings. The number of methoxy groups -OCH3 is 1. The number of H-pyrrole nitrogens is 1. The van der Waals surface area contributed by atoms with Gasteiger partial charge < -0.3 is 14.1 Å². The van der Waals surface area contributed by atoms with Gasteiger partial charge in [-0.25, -0.2) is 4.98 Å². The number of aromatic amines is 1. The van der Waals surface area contributed by atoms with Crippen LogP contribution in [0.15, 0.2) is 50.1 Å². The molecule has 0 fully saturated rings. The second-order valence-electron chi connectivity index (χ2n) is 5.04. The van der Waals surface area contributed by atoms with Crippen molar-refractivity contribution in [3.05, 3.63) is 51.9 Å². The molecule has 0 unspecified atom stereocenters. The van der Waals surface area contributed by atoms with Crippen LogP contribution in [-0.4, -0.2) is 27.3 Å². The largest absolute Gasteiger partial charge is 0.497 e. The Morgan fingerprint density at radius 1 is 1.24 bits per heavy atom. The van der Waals surface area contributed by atoms with E-state index in [1.165, 1.54) is 23.1 Å². The summed E-state index contributed by atoms with van der Waals surface area (Å²) in [5, 5.41) is 10.3. The van der Waals surface area contributed by atoms with E-state index in [1.54, 1.807) is 7.11 Å². The summed E-state index contributed by atoms with van der Waals surface area (Å²) in [6.45, 7) is 0. The molecule has 0 saturated heterocycles. The number of nitrogens with one attached hydrogen (secondary N) is 1. The first-order valence-electron chi connectivity index (χ1n) is 7.30. The first kappa shape index (κ1) is 15.9. The predicted molar refractivity (Wildman–Crippen MR) is 96.1 cm³/mol. The summed E-state index contributed by atoms with van der Waals surface area (Å²) < 4.78 is 11.4. The van der Waals surface area contributed by atoms with Crippen LogP contribution in [0.4, 0.5) is 0 Å². The Labute approximate surface area is 150 Å². The summed E-state index contributed by atoms with van der Waals surface area (Å²) in [5.41, 5.74) is 1.39. The number of hydrogen-bond donors (Lipinski definition) is 1. The van der Waals surface area contributed by atoms with Crippen LogP contribution in [-0.2, 0) is 5.75 Å². The van der Waals surface area contributed by atoms with E-state index in [-0.39, 0.29) is 5.56 Å². The second-order valence-corrected chi connectivity index (χ2v) is 6.88. The molecule has 0 radical (unpaired) electrons. The van der Waals surface area contributed by atoms with Crippen molar-refractivity contribution in [2.75, 3.05) is 7.11 Å². The molecule has 9 heteroatoms. The molecule has 3 heterocycles. The molecule has 7 nitrogen and oxygen atoms in total. The van der Waals surface area contributed by atoms with Crippen LogP contribution in [0, 0.1) is 0 Å². The Morgan fingerprint density at radius 3 is 2.88 bits per heavy atom. The number of fused-ring (bicyclic) bond motifs is 1. The van der Waals surface area contributed by atoms with Gasteiger partial charge in [-0.1, -0.05) is 11.8 Å². The number of aromatic nitrogens is 4. The van der Waals surface area contributed by atoms with Gasteiger partial charge in [-0.2, -0.15) is 0 Å². The molecule has 3 aromatic heterocycles. The normalized spacial score (nSPS) is 11.1. The van der Waals surface area contributed by atoms with E-state index in [9.17, 15) is 4.79 Å². The molecule has 0 aliphatic carbocycles. The summed E-state index contributed by atoms with van der Waals surface area (Å²) in [6.07, 6.45) is 0. The Morgan fingerprint density at radius 2 is 2.08 bits per heavy atom. The molecule has 0 spiro atoms. The molecule has 0 saturated carbocycles. The van der Waals surface area contributed by atoms with E-state index in [4.69, 9.17) is 9.15 Å². The average molecular weight is 372 g/mol. The van der Waals surface area contributed by atoms with Crippen LogP contribution in [0.3, 0.4) is 0 Å². The number of hydrogen-bond acceptors (Lipinski definition) is 8. The van der Waals surface area contributed by atoms with Crippen LogP contribution in [0.5, 0.6) is 5.75 Å². The van der Waals surface area contributed by atoms with Crippen LogP contribution in [0.25, 0.3) is 21.7 Å². The molecule has 4 rings (SSSR count). The van der Waals surface area contributed by atoms with E-state index in [0.717, 1.165) is 11.3 Å². The summed E-state index contributed by atoms with van der Waals surface area (Å²) in [5.74, 6) is 2.20. The third-order valence-corrected chi connectivity index (χ3v) is 5.17. The third-order valence-electron chi connectivity index (χ3n) is 3.44. The van der Waals surface area contributed by atoms with Crippen molar-refractivity contribution in [1.82, 2.24) is 20.2 Å². The van der Waals surface area contributed by atoms with E-state index in [2.05, 4.69) is 20.2 Å². The number of nitrogens with zero attached hydrogens (tertiary/aromatic N) is 3. The minimum absolute atomic E-state index is 0.125. The van der Waals surface area contributed by atoms with E-state index >= 15 is 0 Å². The minimum Gasteiger partial charge on any atom is -0.497 e. The number of ether oxygens (including phenoxy) is 1. The summed E-state index contributed by atoms with van der Waals surface area (Å²) in [7, 11) is 1.61. The molecule has 0 bridgehead atoms. The third kappa shape index (κ3) is 3.28. The number of benzene rings is 1. The molecule has 126 valence electrons. The minimum atomic E-state index is -0.125. The van der Waals surface area contributed by atoms with Gasteiger partial charge in [-0.05, 0) is 35.7 Å². The number of rotatable bonds is 5. The SMILES string of the molecule is COc1ccc(-c2nnc(SCc3nc4ccsc4c(=O)[nH]3)o2)cc1. The van der Waals surface area contributed by atoms with E-state index in [1.807, 2.05) is 35.7 Å². The first-order valence-corrected chi connectivity index (χ1v) is 9.16. The average Bonchev–Trinajstić information content (AvgIpc) is 3.29. The van der Waals surface area contributed by atoms with Crippen LogP contribution < -0.4 is 10.3 Å². The molecule has 0 aliphatic rings. The van der Waals surface area contributed by atoms with Crippen molar-refractivity contribution in [3.63, 3.8) is 0 Å². The number of thioether (sulfide) groups is 1. The zero-order valence-electron chi connectivity index (χ0n) is 13.1. The molecular weight excluding hydrogens is 360 g/mol. The molecule has 0 amide bonds. The zero-order chi connectivity index (χ0) is 17.2. The molecule has 1 aromatic carbocycles. The van der Waals surface area contributed by atoms with Crippen LogP contribution in [0.1, 0.15) is 5.82 Å². The zero-order valence-corrected chi connectivity index (χ0v) is 14.7. The second kappa shape index (κ2) is 6.69. The highest BCUT2D eigenvalue weighted by molar-refractivity contribution is 7.98. The monoisotopic (exact) mass is 372 g/mol. The Bertz CT molecular complexity index is 1070. The van der Waals surface area contributed by atoms with Crippen molar-refractivity contribution < 1.29 is 9.15 Å². The smallest absolute Gasteiger partial charge is 0.277 e. The van der Waals surface area contributed by atoms with Crippen molar-refractivity contribution in [3.8, 4) is 17.2 Å². The van der Waals surface area contributed by atoms with Crippen molar-refractivity contribution in [1.29, 1.82) is 0 Å². The quantitative estimate of drug-likeness (QED) is 0.537. The van der Waals surface area contributed by atoms with Gasteiger partial charge in [0.25, 0.3) is 10.8 Å². The molecule has 0 atom stereocenters. The summed E-state index contributed by atoms with van der Waals surface area (Å²) >= 11 is 2.70. The molecular formula is C16H12N4O3S2. The highest BCUT2D eigenvalue weighted by atomic mass is 32.2. The Hall–Kier alpha value is -2.65. The lowest BCUT2D eigenvalue weighted by Gasteiger charge is -1.99. The Kier molecular flexibility index (Phi) is 4.24. The standard InChI is InChI=1S/C16H12N4O3S2/c1-22-10-4-2-9(3-5-10)15-19-20-16(23-15)25-8-12-17-11-6-7-24-13(11)14(21)18-12/h2-7H,8H2,1H3,(H,17,18,21). The fourth-order valence-corrected chi connectivity index (χ4v) is 3.60. The maximum Gasteiger partial charge on any atom is 0.277 e. The van der Waals surface area contributed by atoms with Crippen LogP contribution >= 0.6 is 23.1 Å². The first-order chi connectivity index (χ1) is 12.2. The Balaban J connectivity index is 1.49. The lowest BCUT2D eigenvalue weighted by molar-refractivity contribution is 0.414. The maximum atomic E-state index is 12.0. The van der Waals surface area contributed by atoms with Crippen molar-refractivity contribution in [2.24, 2.45) is 0 Å². The topological polar surface area (TPSA) is 93.9 Å². The van der Waals surface area contributed by atoms with Crippen molar-refractivity contribution in [2.45, 2.75) is 11.0 Å². The summed E-state index contributed by atoms with van der Waals surface area (Å²) in [6, 6.07) is 9.20. The predicted octanol–water partition coefficient (Wildman–Crippen LogP) is 3.34. The maximum absolute atomic E-state index is 12.0. The van der Waals surface area contributed by atoms with E-state index < -0.39 is 0 Å². The lowest BCUT2D eigenvalue weighted by Crippen LogP contribution is -2.09. The summed E-state index contributed by atoms with van der Waals surface area (Å²) in [4.78, 5) is 19.2. The fourth-order valence-electron chi connectivity index (χ4n) is 2.24. The fraction of sp³-hybridized carbons (Fsp3) is 0.125. The number of thiophene rings is 1. The van der Waals surface area contributed by atoms with Crippen molar-refractivity contribution >= 4 is 33.3 Å². The van der Waals surface area contributed by atoms with Gasteiger partial charge in [0.15, 0.2) is 0 Å². The van der Waals surface area contributed by atoms with Gasteiger partial charge in [0.05, 0.1) is 18.4 Å². The van der Waals surface area contributed by atoms with Gasteiger partial charge in [-0.15, -0.1) is 21.5 Å². The highest BCUT2D eigenvalue weighted by Gasteiger charge is 2.11. The molecule has 25 heavy (non-hydrogen) atoms. The molecule has 0 aliphatic heterocycles. The van der Waals surface area contributed by atoms with Gasteiger partial charge in [0, 0.05) is 5.56 Å². The highest BCUT2D eigenvalue weighted by Crippen LogP contribution is 2.26.